The molecule has 2 unspecified atom stereocenters. The Labute approximate surface area is 253 Å². The largest absolute Gasteiger partial charge is 0.445 e. The van der Waals surface area contributed by atoms with E-state index in [1.807, 2.05) is 26.8 Å². The first-order valence-electron chi connectivity index (χ1n) is 15.2. The zero-order valence-corrected chi connectivity index (χ0v) is 25.5. The maximum atomic E-state index is 13.6. The van der Waals surface area contributed by atoms with Crippen molar-refractivity contribution in [1.82, 2.24) is 20.9 Å². The Hall–Kier alpha value is -3.67. The van der Waals surface area contributed by atoms with Crippen molar-refractivity contribution >= 4 is 29.7 Å². The third kappa shape index (κ3) is 10.8. The molecular weight excluding hydrogens is 554 g/mol. The quantitative estimate of drug-likeness (QED) is 0.243. The number of likely N-dealkylation sites (tertiary alicyclic amines) is 1. The van der Waals surface area contributed by atoms with E-state index in [2.05, 4.69) is 16.0 Å². The second kappa shape index (κ2) is 15.7. The van der Waals surface area contributed by atoms with E-state index in [1.54, 1.807) is 24.3 Å². The second-order valence-corrected chi connectivity index (χ2v) is 12.7. The summed E-state index contributed by atoms with van der Waals surface area (Å²) >= 11 is 0. The van der Waals surface area contributed by atoms with Crippen molar-refractivity contribution in [3.05, 3.63) is 35.9 Å². The van der Waals surface area contributed by atoms with Crippen LogP contribution in [0, 0.1) is 5.92 Å². The van der Waals surface area contributed by atoms with Crippen LogP contribution in [0.15, 0.2) is 30.3 Å². The van der Waals surface area contributed by atoms with E-state index >= 15 is 0 Å². The minimum Gasteiger partial charge on any atom is -0.445 e. The van der Waals surface area contributed by atoms with Crippen molar-refractivity contribution in [3.8, 4) is 0 Å². The molecule has 2 aliphatic rings. The summed E-state index contributed by atoms with van der Waals surface area (Å²) in [5.41, 5.74) is 5.62. The molecule has 1 saturated heterocycles. The van der Waals surface area contributed by atoms with E-state index in [0.29, 0.717) is 25.8 Å². The van der Waals surface area contributed by atoms with Gasteiger partial charge in [-0.05, 0) is 51.5 Å². The van der Waals surface area contributed by atoms with Crippen LogP contribution in [0.2, 0.25) is 0 Å². The molecule has 0 aromatic heterocycles. The summed E-state index contributed by atoms with van der Waals surface area (Å²) in [6.07, 6.45) is 3.25. The smallest absolute Gasteiger partial charge is 0.408 e. The summed E-state index contributed by atoms with van der Waals surface area (Å²) in [6, 6.07) is 5.84. The van der Waals surface area contributed by atoms with Gasteiger partial charge in [-0.1, -0.05) is 62.4 Å². The number of nitrogens with two attached hydrogens (primary N) is 1. The molecule has 0 bridgehead atoms. The molecular formula is C31H47N5O7. The predicted molar refractivity (Wildman–Crippen MR) is 159 cm³/mol. The van der Waals surface area contributed by atoms with E-state index in [1.165, 1.54) is 4.90 Å². The fraction of sp³-hybridized carbons (Fsp3) is 0.645. The molecule has 43 heavy (non-hydrogen) atoms. The molecule has 5 amide bonds. The van der Waals surface area contributed by atoms with Gasteiger partial charge in [-0.2, -0.15) is 0 Å². The van der Waals surface area contributed by atoms with Gasteiger partial charge in [0.1, 0.15) is 18.7 Å². The molecule has 12 nitrogen and oxygen atoms in total. The van der Waals surface area contributed by atoms with Crippen LogP contribution in [0.25, 0.3) is 0 Å². The molecule has 6 N–H and O–H groups in total. The number of hydrogen-bond donors (Lipinski definition) is 5. The number of rotatable bonds is 12. The average Bonchev–Trinajstić information content (AvgIpc) is 3.45. The number of ether oxygens (including phenoxy) is 1. The highest BCUT2D eigenvalue weighted by molar-refractivity contribution is 5.93. The lowest BCUT2D eigenvalue weighted by atomic mass is 9.83. The summed E-state index contributed by atoms with van der Waals surface area (Å²) in [5.74, 6) is -2.37. The lowest BCUT2D eigenvalue weighted by Gasteiger charge is -2.34. The Morgan fingerprint density at radius 3 is 2.30 bits per heavy atom. The highest BCUT2D eigenvalue weighted by Gasteiger charge is 2.41. The standard InChI is InChI=1S/C31H47N5O7/c1-31(2,3)35-28(40)24-15-10-16-36(24)29(41)26(38)22(17-20-11-6-4-7-12-20)33-27(39)23(18-25(32)37)34-30(42)43-19-21-13-8-5-9-14-21/h5,8-9,13-14,20,22-24,26,38H,4,6-7,10-12,15-19H2,1-3H3,(H2,32,37)(H,33,39)(H,34,42)(H,35,40)/t22?,23-,24-,26?/m0/s1. The van der Waals surface area contributed by atoms with E-state index in [-0.39, 0.29) is 18.4 Å². The lowest BCUT2D eigenvalue weighted by Crippen LogP contribution is -2.59. The predicted octanol–water partition coefficient (Wildman–Crippen LogP) is 1.88. The number of amides is 5. The molecule has 4 atom stereocenters. The summed E-state index contributed by atoms with van der Waals surface area (Å²) in [5, 5.41) is 19.4. The van der Waals surface area contributed by atoms with Gasteiger partial charge in [0.05, 0.1) is 12.5 Å². The van der Waals surface area contributed by atoms with Gasteiger partial charge in [0, 0.05) is 12.1 Å². The Bertz CT molecular complexity index is 1120. The molecule has 1 aliphatic carbocycles. The van der Waals surface area contributed by atoms with Crippen LogP contribution in [-0.4, -0.2) is 76.0 Å². The first-order valence-corrected chi connectivity index (χ1v) is 15.2. The molecule has 1 aliphatic heterocycles. The normalized spacial score (nSPS) is 19.5. The zero-order valence-electron chi connectivity index (χ0n) is 25.5. The van der Waals surface area contributed by atoms with Crippen LogP contribution in [0.4, 0.5) is 4.79 Å². The number of nitrogens with zero attached hydrogens (tertiary/aromatic N) is 1. The van der Waals surface area contributed by atoms with Gasteiger partial charge < -0.3 is 36.4 Å². The number of aliphatic hydroxyl groups excluding tert-OH is 1. The number of benzene rings is 1. The van der Waals surface area contributed by atoms with Crippen LogP contribution < -0.4 is 21.7 Å². The summed E-state index contributed by atoms with van der Waals surface area (Å²) in [7, 11) is 0. The number of aliphatic hydroxyl groups is 1. The van der Waals surface area contributed by atoms with Gasteiger partial charge in [0.15, 0.2) is 6.10 Å². The lowest BCUT2D eigenvalue weighted by molar-refractivity contribution is -0.147. The Morgan fingerprint density at radius 1 is 1.00 bits per heavy atom. The molecule has 0 spiro atoms. The molecule has 238 valence electrons. The molecule has 1 aromatic carbocycles. The molecule has 1 heterocycles. The van der Waals surface area contributed by atoms with Crippen molar-refractivity contribution in [2.75, 3.05) is 6.54 Å². The molecule has 1 aromatic rings. The van der Waals surface area contributed by atoms with Gasteiger partial charge in [-0.3, -0.25) is 19.2 Å². The van der Waals surface area contributed by atoms with E-state index in [0.717, 1.165) is 37.7 Å². The monoisotopic (exact) mass is 601 g/mol. The fourth-order valence-corrected chi connectivity index (χ4v) is 5.75. The summed E-state index contributed by atoms with van der Waals surface area (Å²) in [4.78, 5) is 65.7. The third-order valence-corrected chi connectivity index (χ3v) is 7.84. The number of primary amides is 1. The van der Waals surface area contributed by atoms with Crippen molar-refractivity contribution in [2.24, 2.45) is 11.7 Å². The fourth-order valence-electron chi connectivity index (χ4n) is 5.75. The number of nitrogens with one attached hydrogen (secondary N) is 3. The van der Waals surface area contributed by atoms with Crippen LogP contribution >= 0.6 is 0 Å². The maximum absolute atomic E-state index is 13.6. The SMILES string of the molecule is CC(C)(C)NC(=O)[C@@H]1CCCN1C(=O)C(O)C(CC1CCCCC1)NC(=O)[C@H](CC(N)=O)NC(=O)OCc1ccccc1. The Morgan fingerprint density at radius 2 is 1.67 bits per heavy atom. The van der Waals surface area contributed by atoms with Crippen molar-refractivity contribution in [1.29, 1.82) is 0 Å². The highest BCUT2D eigenvalue weighted by Crippen LogP contribution is 2.29. The van der Waals surface area contributed by atoms with Crippen molar-refractivity contribution < 1.29 is 33.8 Å². The number of carbonyl (C=O) groups is 5. The minimum atomic E-state index is -1.63. The van der Waals surface area contributed by atoms with Crippen molar-refractivity contribution in [3.63, 3.8) is 0 Å². The minimum absolute atomic E-state index is 0.0467. The zero-order chi connectivity index (χ0) is 31.6. The van der Waals surface area contributed by atoms with Crippen LogP contribution in [0.5, 0.6) is 0 Å². The summed E-state index contributed by atoms with van der Waals surface area (Å²) in [6.45, 7) is 5.82. The molecule has 1 saturated carbocycles. The Balaban J connectivity index is 1.73. The van der Waals surface area contributed by atoms with E-state index in [9.17, 15) is 29.1 Å². The number of alkyl carbamates (subject to hydrolysis) is 1. The topological polar surface area (TPSA) is 180 Å². The van der Waals surface area contributed by atoms with Crippen LogP contribution in [0.3, 0.4) is 0 Å². The average molecular weight is 602 g/mol. The third-order valence-electron chi connectivity index (χ3n) is 7.84. The molecule has 2 fully saturated rings. The molecule has 3 rings (SSSR count). The van der Waals surface area contributed by atoms with Crippen molar-refractivity contribution in [2.45, 2.75) is 115 Å². The van der Waals surface area contributed by atoms with Crippen LogP contribution in [-0.2, 0) is 30.5 Å². The second-order valence-electron chi connectivity index (χ2n) is 12.7. The van der Waals surface area contributed by atoms with Gasteiger partial charge in [-0.25, -0.2) is 4.79 Å². The van der Waals surface area contributed by atoms with E-state index in [4.69, 9.17) is 10.5 Å². The first kappa shape index (κ1) is 33.8. The molecule has 12 heteroatoms. The summed E-state index contributed by atoms with van der Waals surface area (Å²) < 4.78 is 5.21. The first-order chi connectivity index (χ1) is 20.3. The van der Waals surface area contributed by atoms with Gasteiger partial charge in [0.25, 0.3) is 5.91 Å². The van der Waals surface area contributed by atoms with Crippen LogP contribution in [0.1, 0.15) is 84.1 Å². The highest BCUT2D eigenvalue weighted by atomic mass is 16.5. The molecule has 0 radical (unpaired) electrons. The number of carbonyl (C=O) groups excluding carboxylic acids is 5. The Kier molecular flexibility index (Phi) is 12.4. The van der Waals surface area contributed by atoms with E-state index < -0.39 is 60.0 Å². The van der Waals surface area contributed by atoms with Gasteiger partial charge in [0.2, 0.25) is 17.7 Å². The number of hydrogen-bond acceptors (Lipinski definition) is 7. The maximum Gasteiger partial charge on any atom is 0.408 e. The van der Waals surface area contributed by atoms with Gasteiger partial charge in [-0.15, -0.1) is 0 Å². The van der Waals surface area contributed by atoms with Gasteiger partial charge >= 0.3 is 6.09 Å².